The molecule has 2 fully saturated rings. The molecule has 0 N–H and O–H groups in total. The second-order valence-electron chi connectivity index (χ2n) is 4.42. The average molecular weight is 228 g/mol. The van der Waals surface area contributed by atoms with Gasteiger partial charge in [-0.1, -0.05) is 0 Å². The van der Waals surface area contributed by atoms with Crippen molar-refractivity contribution in [1.82, 2.24) is 9.80 Å². The van der Waals surface area contributed by atoms with Crippen LogP contribution in [0.1, 0.15) is 26.2 Å². The smallest absolute Gasteiger partial charge is 0.320 e. The van der Waals surface area contributed by atoms with Gasteiger partial charge in [0.05, 0.1) is 0 Å². The van der Waals surface area contributed by atoms with Crippen LogP contribution in [-0.4, -0.2) is 53.0 Å². The first-order chi connectivity index (χ1) is 7.29. The molecule has 2 heterocycles. The number of hydrogen-bond donors (Lipinski definition) is 0. The average Bonchev–Trinajstić information content (AvgIpc) is 2.30. The van der Waals surface area contributed by atoms with E-state index in [4.69, 9.17) is 0 Å². The molecular formula is C11H20N2OS. The van der Waals surface area contributed by atoms with Crippen LogP contribution >= 0.6 is 11.8 Å². The van der Waals surface area contributed by atoms with Crippen LogP contribution in [0.15, 0.2) is 0 Å². The highest BCUT2D eigenvalue weighted by atomic mass is 32.2. The SMILES string of the molecule is CC1CCCCN1C(=O)N1CCSCC1. The van der Waals surface area contributed by atoms with Gasteiger partial charge < -0.3 is 9.80 Å². The second-order valence-corrected chi connectivity index (χ2v) is 5.64. The van der Waals surface area contributed by atoms with Crippen molar-refractivity contribution in [2.45, 2.75) is 32.2 Å². The van der Waals surface area contributed by atoms with Crippen molar-refractivity contribution in [3.05, 3.63) is 0 Å². The lowest BCUT2D eigenvalue weighted by Gasteiger charge is -2.38. The molecular weight excluding hydrogens is 208 g/mol. The molecule has 86 valence electrons. The highest BCUT2D eigenvalue weighted by molar-refractivity contribution is 7.99. The largest absolute Gasteiger partial charge is 0.323 e. The molecule has 0 aromatic heterocycles. The fourth-order valence-corrected chi connectivity index (χ4v) is 3.22. The molecule has 0 spiro atoms. The summed E-state index contributed by atoms with van der Waals surface area (Å²) in [5, 5.41) is 0. The molecule has 0 saturated carbocycles. The highest BCUT2D eigenvalue weighted by Crippen LogP contribution is 2.19. The lowest BCUT2D eigenvalue weighted by Crippen LogP contribution is -2.51. The third-order valence-corrected chi connectivity index (χ3v) is 4.27. The molecule has 15 heavy (non-hydrogen) atoms. The first-order valence-electron chi connectivity index (χ1n) is 5.92. The van der Waals surface area contributed by atoms with Gasteiger partial charge in [-0.3, -0.25) is 0 Å². The minimum atomic E-state index is 0.280. The third kappa shape index (κ3) is 2.60. The summed E-state index contributed by atoms with van der Waals surface area (Å²) in [7, 11) is 0. The number of piperidine rings is 1. The number of hydrogen-bond acceptors (Lipinski definition) is 2. The first kappa shape index (κ1) is 11.1. The Kier molecular flexibility index (Phi) is 3.78. The normalized spacial score (nSPS) is 27.9. The van der Waals surface area contributed by atoms with Crippen molar-refractivity contribution in [2.75, 3.05) is 31.1 Å². The third-order valence-electron chi connectivity index (χ3n) is 3.33. The molecule has 2 rings (SSSR count). The van der Waals surface area contributed by atoms with Crippen LogP contribution in [0.2, 0.25) is 0 Å². The zero-order valence-electron chi connectivity index (χ0n) is 9.45. The minimum Gasteiger partial charge on any atom is -0.323 e. The molecule has 0 aromatic carbocycles. The van der Waals surface area contributed by atoms with Crippen molar-refractivity contribution < 1.29 is 4.79 Å². The van der Waals surface area contributed by atoms with Gasteiger partial charge in [0, 0.05) is 37.2 Å². The molecule has 2 aliphatic rings. The number of likely N-dealkylation sites (tertiary alicyclic amines) is 1. The van der Waals surface area contributed by atoms with Gasteiger partial charge in [-0.25, -0.2) is 4.79 Å². The zero-order chi connectivity index (χ0) is 10.7. The van der Waals surface area contributed by atoms with E-state index in [9.17, 15) is 4.79 Å². The van der Waals surface area contributed by atoms with Crippen molar-refractivity contribution >= 4 is 17.8 Å². The summed E-state index contributed by atoms with van der Waals surface area (Å²) in [6, 6.07) is 0.725. The van der Waals surface area contributed by atoms with Gasteiger partial charge in [-0.2, -0.15) is 11.8 Å². The number of nitrogens with zero attached hydrogens (tertiary/aromatic N) is 2. The predicted octanol–water partition coefficient (Wildman–Crippen LogP) is 2.03. The summed E-state index contributed by atoms with van der Waals surface area (Å²) < 4.78 is 0. The van der Waals surface area contributed by atoms with E-state index in [1.54, 1.807) is 0 Å². The molecule has 1 atom stereocenters. The monoisotopic (exact) mass is 228 g/mol. The maximum Gasteiger partial charge on any atom is 0.320 e. The molecule has 2 aliphatic heterocycles. The van der Waals surface area contributed by atoms with E-state index >= 15 is 0 Å². The van der Waals surface area contributed by atoms with Crippen molar-refractivity contribution in [1.29, 1.82) is 0 Å². The number of carbonyl (C=O) groups is 1. The lowest BCUT2D eigenvalue weighted by atomic mass is 10.0. The summed E-state index contributed by atoms with van der Waals surface area (Å²) in [5.41, 5.74) is 0. The van der Waals surface area contributed by atoms with Crippen LogP contribution in [0.25, 0.3) is 0 Å². The Labute approximate surface area is 96.2 Å². The summed E-state index contributed by atoms with van der Waals surface area (Å²) in [4.78, 5) is 16.3. The Morgan fingerprint density at radius 3 is 2.60 bits per heavy atom. The Bertz CT molecular complexity index is 229. The van der Waals surface area contributed by atoms with Crippen LogP contribution in [-0.2, 0) is 0 Å². The fraction of sp³-hybridized carbons (Fsp3) is 0.909. The summed E-state index contributed by atoms with van der Waals surface area (Å²) in [6.45, 7) is 5.01. The van der Waals surface area contributed by atoms with Crippen LogP contribution < -0.4 is 0 Å². The maximum atomic E-state index is 12.2. The molecule has 0 bridgehead atoms. The Balaban J connectivity index is 1.92. The molecule has 1 unspecified atom stereocenters. The second kappa shape index (κ2) is 5.10. The lowest BCUT2D eigenvalue weighted by molar-refractivity contribution is 0.124. The van der Waals surface area contributed by atoms with Crippen LogP contribution in [0, 0.1) is 0 Å². The molecule has 3 nitrogen and oxygen atoms in total. The fourth-order valence-electron chi connectivity index (χ4n) is 2.32. The van der Waals surface area contributed by atoms with E-state index in [1.165, 1.54) is 19.3 Å². The van der Waals surface area contributed by atoms with E-state index in [1.807, 2.05) is 16.7 Å². The quantitative estimate of drug-likeness (QED) is 0.633. The van der Waals surface area contributed by atoms with Gasteiger partial charge in [0.1, 0.15) is 0 Å². The van der Waals surface area contributed by atoms with Crippen molar-refractivity contribution in [2.24, 2.45) is 0 Å². The minimum absolute atomic E-state index is 0.280. The molecule has 0 radical (unpaired) electrons. The molecule has 4 heteroatoms. The van der Waals surface area contributed by atoms with E-state index < -0.39 is 0 Å². The number of carbonyl (C=O) groups excluding carboxylic acids is 1. The van der Waals surface area contributed by atoms with Gasteiger partial charge >= 0.3 is 6.03 Å². The van der Waals surface area contributed by atoms with Crippen LogP contribution in [0.4, 0.5) is 4.79 Å². The molecule has 2 saturated heterocycles. The highest BCUT2D eigenvalue weighted by Gasteiger charge is 2.27. The Morgan fingerprint density at radius 1 is 1.20 bits per heavy atom. The first-order valence-corrected chi connectivity index (χ1v) is 7.08. The number of amides is 2. The number of urea groups is 1. The van der Waals surface area contributed by atoms with Crippen molar-refractivity contribution in [3.63, 3.8) is 0 Å². The predicted molar refractivity (Wildman–Crippen MR) is 64.3 cm³/mol. The summed E-state index contributed by atoms with van der Waals surface area (Å²) in [5.74, 6) is 2.21. The van der Waals surface area contributed by atoms with E-state index in [0.717, 1.165) is 31.1 Å². The van der Waals surface area contributed by atoms with Crippen molar-refractivity contribution in [3.8, 4) is 0 Å². The van der Waals surface area contributed by atoms with Crippen LogP contribution in [0.3, 0.4) is 0 Å². The zero-order valence-corrected chi connectivity index (χ0v) is 10.3. The standard InChI is InChI=1S/C11H20N2OS/c1-10-4-2-3-5-13(10)11(14)12-6-8-15-9-7-12/h10H,2-9H2,1H3. The van der Waals surface area contributed by atoms with Gasteiger partial charge in [-0.05, 0) is 26.2 Å². The molecule has 2 amide bonds. The van der Waals surface area contributed by atoms with E-state index in [2.05, 4.69) is 11.8 Å². The summed E-state index contributed by atoms with van der Waals surface area (Å²) >= 11 is 1.95. The van der Waals surface area contributed by atoms with Gasteiger partial charge in [0.2, 0.25) is 0 Å². The Hall–Kier alpha value is -0.380. The van der Waals surface area contributed by atoms with Gasteiger partial charge in [0.15, 0.2) is 0 Å². The van der Waals surface area contributed by atoms with Gasteiger partial charge in [-0.15, -0.1) is 0 Å². The molecule has 0 aliphatic carbocycles. The number of thioether (sulfide) groups is 1. The van der Waals surface area contributed by atoms with E-state index in [-0.39, 0.29) is 6.03 Å². The topological polar surface area (TPSA) is 23.6 Å². The van der Waals surface area contributed by atoms with Gasteiger partial charge in [0.25, 0.3) is 0 Å². The summed E-state index contributed by atoms with van der Waals surface area (Å²) in [6.07, 6.45) is 3.63. The maximum absolute atomic E-state index is 12.2. The van der Waals surface area contributed by atoms with Crippen LogP contribution in [0.5, 0.6) is 0 Å². The number of rotatable bonds is 0. The van der Waals surface area contributed by atoms with E-state index in [0.29, 0.717) is 6.04 Å². The molecule has 0 aromatic rings. The Morgan fingerprint density at radius 2 is 1.93 bits per heavy atom.